The molecule has 3 aromatic rings. The molecule has 6 nitrogen and oxygen atoms in total. The molecule has 0 bridgehead atoms. The van der Waals surface area contributed by atoms with Gasteiger partial charge in [0, 0.05) is 12.5 Å². The van der Waals surface area contributed by atoms with Gasteiger partial charge < -0.3 is 19.4 Å². The quantitative estimate of drug-likeness (QED) is 0.349. The number of ether oxygens (including phenoxy) is 1. The lowest BCUT2D eigenvalue weighted by atomic mass is 9.77. The summed E-state index contributed by atoms with van der Waals surface area (Å²) >= 11 is 6.12. The van der Waals surface area contributed by atoms with Crippen molar-refractivity contribution in [1.82, 2.24) is 5.32 Å². The van der Waals surface area contributed by atoms with Gasteiger partial charge in [0.1, 0.15) is 12.7 Å². The van der Waals surface area contributed by atoms with E-state index in [4.69, 9.17) is 25.6 Å². The minimum Gasteiger partial charge on any atom is -0.449 e. The Morgan fingerprint density at radius 2 is 1.62 bits per heavy atom. The highest BCUT2D eigenvalue weighted by Gasteiger charge is 2.52. The van der Waals surface area contributed by atoms with Gasteiger partial charge in [0.25, 0.3) is 0 Å². The Bertz CT molecular complexity index is 1430. The molecule has 1 amide bonds. The molecule has 0 atom stereocenters. The van der Waals surface area contributed by atoms with Crippen LogP contribution in [0, 0.1) is 11.3 Å². The van der Waals surface area contributed by atoms with E-state index in [-0.39, 0.29) is 19.1 Å². The second-order valence-electron chi connectivity index (χ2n) is 10.8. The summed E-state index contributed by atoms with van der Waals surface area (Å²) in [7, 11) is -0.690. The van der Waals surface area contributed by atoms with Crippen molar-refractivity contribution in [2.45, 2.75) is 44.8 Å². The van der Waals surface area contributed by atoms with Gasteiger partial charge in [-0.3, -0.25) is 0 Å². The average Bonchev–Trinajstić information content (AvgIpc) is 3.35. The van der Waals surface area contributed by atoms with Gasteiger partial charge in [0.15, 0.2) is 0 Å². The van der Waals surface area contributed by atoms with Crippen LogP contribution in [0.5, 0.6) is 0 Å². The third-order valence-corrected chi connectivity index (χ3v) is 8.13. The standard InChI is InChI=1S/C31H30BClN2O4/c1-30(2)31(3,4)39-32(38-30)22(16-20-13-14-28(33)21(15-20)17-34)18-35-29(36)37-19-27-25-11-7-5-9-23(25)24-10-6-8-12-26(24)27/h5-16,27H,18-19H2,1-4H3,(H,35,36). The smallest absolute Gasteiger partial charge is 0.449 e. The number of halogens is 1. The molecule has 1 aliphatic carbocycles. The van der Waals surface area contributed by atoms with Gasteiger partial charge in [-0.25, -0.2) is 4.79 Å². The molecule has 0 radical (unpaired) electrons. The first-order valence-electron chi connectivity index (χ1n) is 12.9. The van der Waals surface area contributed by atoms with Crippen molar-refractivity contribution in [3.8, 4) is 17.2 Å². The summed E-state index contributed by atoms with van der Waals surface area (Å²) in [5.74, 6) is -0.0280. The molecule has 8 heteroatoms. The Morgan fingerprint density at radius 3 is 2.21 bits per heavy atom. The lowest BCUT2D eigenvalue weighted by molar-refractivity contribution is 0.00578. The van der Waals surface area contributed by atoms with E-state index in [1.807, 2.05) is 64.1 Å². The molecule has 1 aliphatic heterocycles. The van der Waals surface area contributed by atoms with Crippen molar-refractivity contribution in [3.05, 3.63) is 99.5 Å². The van der Waals surface area contributed by atoms with Crippen LogP contribution < -0.4 is 5.32 Å². The number of nitrogens with one attached hydrogen (secondary N) is 1. The Morgan fingerprint density at radius 1 is 1.03 bits per heavy atom. The largest absolute Gasteiger partial charge is 0.492 e. The molecule has 1 N–H and O–H groups in total. The van der Waals surface area contributed by atoms with Crippen LogP contribution in [0.1, 0.15) is 55.9 Å². The fourth-order valence-electron chi connectivity index (χ4n) is 4.95. The number of alkyl carbamates (subject to hydrolysis) is 1. The van der Waals surface area contributed by atoms with Crippen molar-refractivity contribution in [2.75, 3.05) is 13.2 Å². The number of hydrogen-bond acceptors (Lipinski definition) is 5. The third-order valence-electron chi connectivity index (χ3n) is 7.80. The maximum atomic E-state index is 12.9. The van der Waals surface area contributed by atoms with Gasteiger partial charge in [-0.05, 0) is 73.1 Å². The van der Waals surface area contributed by atoms with Gasteiger partial charge in [-0.1, -0.05) is 72.3 Å². The first-order valence-corrected chi connectivity index (χ1v) is 13.3. The van der Waals surface area contributed by atoms with Crippen LogP contribution in [0.4, 0.5) is 4.79 Å². The molecule has 0 aromatic heterocycles. The first kappa shape index (κ1) is 27.0. The number of fused-ring (bicyclic) bond motifs is 3. The number of rotatable bonds is 6. The summed E-state index contributed by atoms with van der Waals surface area (Å²) in [4.78, 5) is 12.9. The zero-order valence-electron chi connectivity index (χ0n) is 22.5. The number of carbonyl (C=O) groups is 1. The second-order valence-corrected chi connectivity index (χ2v) is 11.2. The highest BCUT2D eigenvalue weighted by Crippen LogP contribution is 2.44. The molecule has 3 aromatic carbocycles. The molecule has 1 fully saturated rings. The van der Waals surface area contributed by atoms with Gasteiger partial charge in [-0.2, -0.15) is 5.26 Å². The van der Waals surface area contributed by atoms with E-state index in [0.717, 1.165) is 16.7 Å². The number of nitriles is 1. The number of amides is 1. The van der Waals surface area contributed by atoms with E-state index >= 15 is 0 Å². The second kappa shape index (κ2) is 10.5. The maximum Gasteiger partial charge on any atom is 0.492 e. The van der Waals surface area contributed by atoms with Crippen molar-refractivity contribution in [1.29, 1.82) is 5.26 Å². The van der Waals surface area contributed by atoms with Crippen molar-refractivity contribution >= 4 is 30.9 Å². The fourth-order valence-corrected chi connectivity index (χ4v) is 5.11. The molecular weight excluding hydrogens is 511 g/mol. The predicted molar refractivity (Wildman–Crippen MR) is 153 cm³/mol. The summed E-state index contributed by atoms with van der Waals surface area (Å²) in [6, 6.07) is 23.7. The average molecular weight is 541 g/mol. The Kier molecular flexibility index (Phi) is 7.30. The van der Waals surface area contributed by atoms with Gasteiger partial charge in [0.2, 0.25) is 0 Å². The molecule has 2 aliphatic rings. The fraction of sp³-hybridized carbons (Fsp3) is 0.290. The Labute approximate surface area is 234 Å². The SMILES string of the molecule is CC1(C)OB(C(=Cc2ccc(Cl)c(C#N)c2)CNC(=O)OCC2c3ccccc3-c3ccccc32)OC1(C)C. The van der Waals surface area contributed by atoms with E-state index in [1.165, 1.54) is 11.1 Å². The van der Waals surface area contributed by atoms with Gasteiger partial charge >= 0.3 is 13.2 Å². The third kappa shape index (κ3) is 5.33. The minimum atomic E-state index is -0.690. The van der Waals surface area contributed by atoms with Crippen LogP contribution in [-0.2, 0) is 14.0 Å². The van der Waals surface area contributed by atoms with E-state index < -0.39 is 24.4 Å². The van der Waals surface area contributed by atoms with Crippen LogP contribution in [0.25, 0.3) is 17.2 Å². The normalized spacial score (nSPS) is 17.3. The Balaban J connectivity index is 1.32. The topological polar surface area (TPSA) is 80.6 Å². The minimum absolute atomic E-state index is 0.0280. The van der Waals surface area contributed by atoms with Crippen molar-refractivity contribution < 1.29 is 18.8 Å². The molecule has 39 heavy (non-hydrogen) atoms. The number of hydrogen-bond donors (Lipinski definition) is 1. The first-order chi connectivity index (χ1) is 18.6. The molecule has 0 unspecified atom stereocenters. The molecule has 198 valence electrons. The summed E-state index contributed by atoms with van der Waals surface area (Å²) < 4.78 is 18.2. The summed E-state index contributed by atoms with van der Waals surface area (Å²) in [6.07, 6.45) is 1.32. The maximum absolute atomic E-state index is 12.9. The molecule has 5 rings (SSSR count). The summed E-state index contributed by atoms with van der Waals surface area (Å²) in [6.45, 7) is 8.24. The molecular formula is C31H30BClN2O4. The van der Waals surface area contributed by atoms with Crippen LogP contribution in [0.3, 0.4) is 0 Å². The van der Waals surface area contributed by atoms with Crippen LogP contribution in [-0.4, -0.2) is 37.6 Å². The number of carbonyl (C=O) groups excluding carboxylic acids is 1. The van der Waals surface area contributed by atoms with E-state index in [1.54, 1.807) is 12.1 Å². The predicted octanol–water partition coefficient (Wildman–Crippen LogP) is 6.77. The highest BCUT2D eigenvalue weighted by atomic mass is 35.5. The van der Waals surface area contributed by atoms with Gasteiger partial charge in [0.05, 0.1) is 21.8 Å². The zero-order valence-corrected chi connectivity index (χ0v) is 23.2. The highest BCUT2D eigenvalue weighted by molar-refractivity contribution is 6.56. The monoisotopic (exact) mass is 540 g/mol. The lowest BCUT2D eigenvalue weighted by Gasteiger charge is -2.32. The van der Waals surface area contributed by atoms with Crippen LogP contribution in [0.2, 0.25) is 5.02 Å². The van der Waals surface area contributed by atoms with Crippen LogP contribution in [0.15, 0.2) is 72.2 Å². The van der Waals surface area contributed by atoms with E-state index in [2.05, 4.69) is 35.7 Å². The van der Waals surface area contributed by atoms with E-state index in [9.17, 15) is 10.1 Å². The zero-order chi connectivity index (χ0) is 27.8. The van der Waals surface area contributed by atoms with Crippen molar-refractivity contribution in [2.24, 2.45) is 0 Å². The Hall–Kier alpha value is -3.57. The molecule has 0 saturated carbocycles. The molecule has 1 saturated heterocycles. The number of nitrogens with zero attached hydrogens (tertiary/aromatic N) is 1. The van der Waals surface area contributed by atoms with Crippen molar-refractivity contribution in [3.63, 3.8) is 0 Å². The summed E-state index contributed by atoms with van der Waals surface area (Å²) in [5.41, 5.74) is 5.34. The molecule has 1 heterocycles. The van der Waals surface area contributed by atoms with Gasteiger partial charge in [-0.15, -0.1) is 0 Å². The van der Waals surface area contributed by atoms with E-state index in [0.29, 0.717) is 16.1 Å². The number of benzene rings is 3. The lowest BCUT2D eigenvalue weighted by Crippen LogP contribution is -2.41. The van der Waals surface area contributed by atoms with Crippen LogP contribution >= 0.6 is 11.6 Å². The summed E-state index contributed by atoms with van der Waals surface area (Å²) in [5, 5.41) is 12.6. The molecule has 0 spiro atoms.